The van der Waals surface area contributed by atoms with Crippen LogP contribution >= 0.6 is 0 Å². The number of halogens is 1. The second-order valence-electron chi connectivity index (χ2n) is 5.97. The summed E-state index contributed by atoms with van der Waals surface area (Å²) in [4.78, 5) is 2.03. The van der Waals surface area contributed by atoms with E-state index in [0.29, 0.717) is 12.2 Å². The number of nitrogens with zero attached hydrogens (tertiary/aromatic N) is 2. The molecule has 122 valence electrons. The first kappa shape index (κ1) is 15.8. The van der Waals surface area contributed by atoms with Crippen molar-refractivity contribution >= 4 is 21.4 Å². The fourth-order valence-electron chi connectivity index (χ4n) is 2.99. The first-order chi connectivity index (χ1) is 10.9. The maximum atomic E-state index is 13.5. The largest absolute Gasteiger partial charge is 0.373 e. The Labute approximate surface area is 136 Å². The van der Waals surface area contributed by atoms with Gasteiger partial charge in [-0.3, -0.25) is 4.31 Å². The Balaban J connectivity index is 2.15. The van der Waals surface area contributed by atoms with E-state index in [1.807, 2.05) is 32.2 Å². The predicted octanol–water partition coefficient (Wildman–Crippen LogP) is 3.11. The highest BCUT2D eigenvalue weighted by Crippen LogP contribution is 2.36. The molecule has 2 aromatic carbocycles. The molecule has 1 atom stereocenters. The Bertz CT molecular complexity index is 823. The van der Waals surface area contributed by atoms with Crippen molar-refractivity contribution in [2.75, 3.05) is 29.3 Å². The second kappa shape index (κ2) is 5.85. The van der Waals surface area contributed by atoms with Gasteiger partial charge in [-0.1, -0.05) is 25.1 Å². The van der Waals surface area contributed by atoms with Crippen LogP contribution in [0.3, 0.4) is 0 Å². The number of sulfonamides is 1. The highest BCUT2D eigenvalue weighted by molar-refractivity contribution is 7.92. The summed E-state index contributed by atoms with van der Waals surface area (Å²) in [6.07, 6.45) is 0. The highest BCUT2D eigenvalue weighted by Gasteiger charge is 2.31. The molecule has 0 bridgehead atoms. The standard InChI is InChI=1S/C17H19FN2O2S/c1-13-11-19(2)16-8-3-4-9-17(16)20(12-13)23(21,22)15-7-5-6-14(18)10-15/h3-10,13H,11-12H2,1-2H3/t13-/m1/s1. The van der Waals surface area contributed by atoms with Gasteiger partial charge in [-0.2, -0.15) is 0 Å². The van der Waals surface area contributed by atoms with Crippen molar-refractivity contribution in [3.63, 3.8) is 0 Å². The van der Waals surface area contributed by atoms with Gasteiger partial charge >= 0.3 is 0 Å². The molecule has 0 fully saturated rings. The van der Waals surface area contributed by atoms with Gasteiger partial charge < -0.3 is 4.90 Å². The van der Waals surface area contributed by atoms with E-state index in [2.05, 4.69) is 4.90 Å². The van der Waals surface area contributed by atoms with Crippen LogP contribution in [0.2, 0.25) is 0 Å². The van der Waals surface area contributed by atoms with Crippen LogP contribution in [0.5, 0.6) is 0 Å². The van der Waals surface area contributed by atoms with E-state index in [0.717, 1.165) is 18.3 Å². The van der Waals surface area contributed by atoms with E-state index in [1.165, 1.54) is 22.5 Å². The lowest BCUT2D eigenvalue weighted by Gasteiger charge is -2.26. The van der Waals surface area contributed by atoms with Crippen LogP contribution in [0.25, 0.3) is 0 Å². The van der Waals surface area contributed by atoms with Crippen LogP contribution in [0, 0.1) is 11.7 Å². The normalized spacial score (nSPS) is 18.5. The van der Waals surface area contributed by atoms with Gasteiger partial charge in [-0.15, -0.1) is 0 Å². The number of para-hydroxylation sites is 2. The Kier molecular flexibility index (Phi) is 4.02. The zero-order chi connectivity index (χ0) is 16.6. The molecule has 0 aliphatic carbocycles. The van der Waals surface area contributed by atoms with Crippen LogP contribution in [0.1, 0.15) is 6.92 Å². The smallest absolute Gasteiger partial charge is 0.264 e. The summed E-state index contributed by atoms with van der Waals surface area (Å²) < 4.78 is 41.0. The summed E-state index contributed by atoms with van der Waals surface area (Å²) in [6, 6.07) is 12.6. The molecule has 0 radical (unpaired) electrons. The third-order valence-electron chi connectivity index (χ3n) is 4.01. The summed E-state index contributed by atoms with van der Waals surface area (Å²) in [5, 5.41) is 0. The molecular formula is C17H19FN2O2S. The molecule has 3 rings (SSSR count). The first-order valence-corrected chi connectivity index (χ1v) is 8.92. The SMILES string of the molecule is C[C@@H]1CN(C)c2ccccc2N(S(=O)(=O)c2cccc(F)c2)C1. The summed E-state index contributed by atoms with van der Waals surface area (Å²) >= 11 is 0. The van der Waals surface area contributed by atoms with Crippen LogP contribution in [-0.4, -0.2) is 28.6 Å². The number of fused-ring (bicyclic) bond motifs is 1. The Morgan fingerprint density at radius 1 is 1.04 bits per heavy atom. The van der Waals surface area contributed by atoms with E-state index in [-0.39, 0.29) is 10.8 Å². The van der Waals surface area contributed by atoms with E-state index in [1.54, 1.807) is 6.07 Å². The molecule has 0 saturated heterocycles. The molecule has 23 heavy (non-hydrogen) atoms. The van der Waals surface area contributed by atoms with Crippen molar-refractivity contribution in [3.05, 3.63) is 54.3 Å². The molecule has 0 amide bonds. The third kappa shape index (κ3) is 2.91. The maximum Gasteiger partial charge on any atom is 0.264 e. The minimum Gasteiger partial charge on any atom is -0.373 e. The molecule has 1 aliphatic rings. The summed E-state index contributed by atoms with van der Waals surface area (Å²) in [5.41, 5.74) is 1.49. The molecule has 0 spiro atoms. The number of hydrogen-bond donors (Lipinski definition) is 0. The molecule has 0 N–H and O–H groups in total. The van der Waals surface area contributed by atoms with Gasteiger partial charge in [0.15, 0.2) is 0 Å². The minimum absolute atomic E-state index is 0.0240. The van der Waals surface area contributed by atoms with E-state index >= 15 is 0 Å². The van der Waals surface area contributed by atoms with E-state index in [4.69, 9.17) is 0 Å². The zero-order valence-corrected chi connectivity index (χ0v) is 13.9. The first-order valence-electron chi connectivity index (χ1n) is 7.48. The Morgan fingerprint density at radius 2 is 1.74 bits per heavy atom. The van der Waals surface area contributed by atoms with Gasteiger partial charge in [-0.05, 0) is 36.2 Å². The average molecular weight is 334 g/mol. The quantitative estimate of drug-likeness (QED) is 0.847. The predicted molar refractivity (Wildman–Crippen MR) is 89.8 cm³/mol. The lowest BCUT2D eigenvalue weighted by molar-refractivity contribution is 0.565. The van der Waals surface area contributed by atoms with Crippen LogP contribution < -0.4 is 9.21 Å². The molecule has 0 saturated carbocycles. The lowest BCUT2D eigenvalue weighted by Crippen LogP contribution is -2.35. The topological polar surface area (TPSA) is 40.6 Å². The number of rotatable bonds is 2. The number of hydrogen-bond acceptors (Lipinski definition) is 3. The molecule has 0 unspecified atom stereocenters. The number of benzene rings is 2. The van der Waals surface area contributed by atoms with E-state index in [9.17, 15) is 12.8 Å². The van der Waals surface area contributed by atoms with Gasteiger partial charge in [0.25, 0.3) is 10.0 Å². The van der Waals surface area contributed by atoms with Crippen molar-refractivity contribution in [2.45, 2.75) is 11.8 Å². The van der Waals surface area contributed by atoms with E-state index < -0.39 is 15.8 Å². The van der Waals surface area contributed by atoms with Crippen molar-refractivity contribution < 1.29 is 12.8 Å². The molecule has 1 heterocycles. The van der Waals surface area contributed by atoms with Gasteiger partial charge in [0, 0.05) is 20.1 Å². The lowest BCUT2D eigenvalue weighted by atomic mass is 10.2. The maximum absolute atomic E-state index is 13.5. The fourth-order valence-corrected chi connectivity index (χ4v) is 4.62. The van der Waals surface area contributed by atoms with Crippen molar-refractivity contribution in [1.29, 1.82) is 0 Å². The monoisotopic (exact) mass is 334 g/mol. The van der Waals surface area contributed by atoms with Crippen LogP contribution in [0.15, 0.2) is 53.4 Å². The fraction of sp³-hybridized carbons (Fsp3) is 0.294. The molecule has 6 heteroatoms. The molecular weight excluding hydrogens is 315 g/mol. The summed E-state index contributed by atoms with van der Waals surface area (Å²) in [5.74, 6) is -0.407. The van der Waals surface area contributed by atoms with Crippen molar-refractivity contribution in [2.24, 2.45) is 5.92 Å². The summed E-state index contributed by atoms with van der Waals surface area (Å²) in [7, 11) is -1.86. The highest BCUT2D eigenvalue weighted by atomic mass is 32.2. The molecule has 2 aromatic rings. The van der Waals surface area contributed by atoms with Crippen molar-refractivity contribution in [1.82, 2.24) is 0 Å². The average Bonchev–Trinajstić information content (AvgIpc) is 2.64. The third-order valence-corrected chi connectivity index (χ3v) is 5.78. The van der Waals surface area contributed by atoms with Crippen LogP contribution in [-0.2, 0) is 10.0 Å². The van der Waals surface area contributed by atoms with Crippen LogP contribution in [0.4, 0.5) is 15.8 Å². The second-order valence-corrected chi connectivity index (χ2v) is 7.83. The zero-order valence-electron chi connectivity index (χ0n) is 13.1. The Hall–Kier alpha value is -2.08. The van der Waals surface area contributed by atoms with Gasteiger partial charge in [0.1, 0.15) is 5.82 Å². The molecule has 4 nitrogen and oxygen atoms in total. The Morgan fingerprint density at radius 3 is 2.43 bits per heavy atom. The minimum atomic E-state index is -3.81. The molecule has 1 aliphatic heterocycles. The van der Waals surface area contributed by atoms with Gasteiger partial charge in [0.2, 0.25) is 0 Å². The molecule has 0 aromatic heterocycles. The summed E-state index contributed by atoms with van der Waals surface area (Å²) in [6.45, 7) is 3.13. The van der Waals surface area contributed by atoms with Gasteiger partial charge in [-0.25, -0.2) is 12.8 Å². The number of anilines is 2. The van der Waals surface area contributed by atoms with Gasteiger partial charge in [0.05, 0.1) is 16.3 Å². The van der Waals surface area contributed by atoms with Crippen molar-refractivity contribution in [3.8, 4) is 0 Å².